The largest absolute Gasteiger partial charge is 0.469 e. The van der Waals surface area contributed by atoms with E-state index in [4.69, 9.17) is 13.9 Å². The van der Waals surface area contributed by atoms with Crippen LogP contribution in [0.15, 0.2) is 27.8 Å². The highest BCUT2D eigenvalue weighted by Crippen LogP contribution is 2.11. The fourth-order valence-electron chi connectivity index (χ4n) is 2.15. The number of hydrogen-bond donors (Lipinski definition) is 2. The molecule has 1 aliphatic heterocycles. The Labute approximate surface area is 125 Å². The highest BCUT2D eigenvalue weighted by atomic mass is 16.5. The zero-order chi connectivity index (χ0) is 14.8. The van der Waals surface area contributed by atoms with E-state index in [0.29, 0.717) is 12.5 Å². The van der Waals surface area contributed by atoms with Crippen molar-refractivity contribution in [2.45, 2.75) is 12.8 Å². The van der Waals surface area contributed by atoms with Gasteiger partial charge in [-0.05, 0) is 18.6 Å². The SMILES string of the molecule is COCCNC(=NCC1CCOC1)NCCc1ccco1. The molecule has 0 saturated carbocycles. The maximum absolute atomic E-state index is 5.38. The molecule has 0 amide bonds. The van der Waals surface area contributed by atoms with Gasteiger partial charge in [0.15, 0.2) is 5.96 Å². The summed E-state index contributed by atoms with van der Waals surface area (Å²) in [5.74, 6) is 2.34. The van der Waals surface area contributed by atoms with Gasteiger partial charge in [0.25, 0.3) is 0 Å². The number of furan rings is 1. The molecule has 1 aliphatic rings. The van der Waals surface area contributed by atoms with Gasteiger partial charge in [0.1, 0.15) is 5.76 Å². The number of rotatable bonds is 8. The molecule has 1 atom stereocenters. The molecule has 6 heteroatoms. The molecule has 1 aromatic rings. The summed E-state index contributed by atoms with van der Waals surface area (Å²) in [7, 11) is 1.69. The lowest BCUT2D eigenvalue weighted by atomic mass is 10.1. The van der Waals surface area contributed by atoms with Crippen LogP contribution in [0.5, 0.6) is 0 Å². The van der Waals surface area contributed by atoms with E-state index in [0.717, 1.165) is 57.4 Å². The average Bonchev–Trinajstić information content (AvgIpc) is 3.18. The van der Waals surface area contributed by atoms with E-state index in [9.17, 15) is 0 Å². The van der Waals surface area contributed by atoms with E-state index in [2.05, 4.69) is 15.6 Å². The maximum Gasteiger partial charge on any atom is 0.191 e. The summed E-state index contributed by atoms with van der Waals surface area (Å²) in [6.45, 7) is 4.66. The van der Waals surface area contributed by atoms with Crippen molar-refractivity contribution < 1.29 is 13.9 Å². The Morgan fingerprint density at radius 3 is 3.05 bits per heavy atom. The van der Waals surface area contributed by atoms with Crippen molar-refractivity contribution in [1.82, 2.24) is 10.6 Å². The van der Waals surface area contributed by atoms with Crippen LogP contribution in [-0.4, -0.2) is 52.5 Å². The minimum absolute atomic E-state index is 0.538. The van der Waals surface area contributed by atoms with Gasteiger partial charge in [-0.15, -0.1) is 0 Å². The van der Waals surface area contributed by atoms with E-state index in [-0.39, 0.29) is 0 Å². The Balaban J connectivity index is 1.74. The summed E-state index contributed by atoms with van der Waals surface area (Å²) >= 11 is 0. The van der Waals surface area contributed by atoms with Gasteiger partial charge in [0, 0.05) is 45.7 Å². The second kappa shape index (κ2) is 9.41. The third kappa shape index (κ3) is 6.18. The third-order valence-corrected chi connectivity index (χ3v) is 3.37. The number of guanidine groups is 1. The van der Waals surface area contributed by atoms with Gasteiger partial charge in [-0.2, -0.15) is 0 Å². The Kier molecular flexibility index (Phi) is 7.11. The second-order valence-corrected chi connectivity index (χ2v) is 5.09. The van der Waals surface area contributed by atoms with Crippen molar-refractivity contribution in [2.75, 3.05) is 46.6 Å². The summed E-state index contributed by atoms with van der Waals surface area (Å²) in [5, 5.41) is 6.59. The lowest BCUT2D eigenvalue weighted by Crippen LogP contribution is -2.40. The molecule has 0 spiro atoms. The Morgan fingerprint density at radius 2 is 2.33 bits per heavy atom. The first kappa shape index (κ1) is 15.9. The molecule has 2 rings (SSSR count). The van der Waals surface area contributed by atoms with E-state index in [1.54, 1.807) is 13.4 Å². The van der Waals surface area contributed by atoms with Crippen molar-refractivity contribution in [1.29, 1.82) is 0 Å². The minimum Gasteiger partial charge on any atom is -0.469 e. The van der Waals surface area contributed by atoms with Crippen LogP contribution in [0.25, 0.3) is 0 Å². The van der Waals surface area contributed by atoms with Crippen LogP contribution in [0.4, 0.5) is 0 Å². The van der Waals surface area contributed by atoms with Gasteiger partial charge in [-0.25, -0.2) is 0 Å². The van der Waals surface area contributed by atoms with Crippen molar-refractivity contribution in [3.63, 3.8) is 0 Å². The summed E-state index contributed by atoms with van der Waals surface area (Å²) in [6, 6.07) is 3.88. The third-order valence-electron chi connectivity index (χ3n) is 3.37. The molecule has 2 heterocycles. The molecule has 21 heavy (non-hydrogen) atoms. The first-order chi connectivity index (χ1) is 10.4. The first-order valence-corrected chi connectivity index (χ1v) is 7.49. The molecule has 6 nitrogen and oxygen atoms in total. The lowest BCUT2D eigenvalue weighted by Gasteiger charge is -2.13. The van der Waals surface area contributed by atoms with Gasteiger partial charge in [0.05, 0.1) is 19.5 Å². The zero-order valence-corrected chi connectivity index (χ0v) is 12.6. The van der Waals surface area contributed by atoms with Crippen LogP contribution >= 0.6 is 0 Å². The topological polar surface area (TPSA) is 68.0 Å². The quantitative estimate of drug-likeness (QED) is 0.426. The number of methoxy groups -OCH3 is 1. The smallest absolute Gasteiger partial charge is 0.191 e. The average molecular weight is 295 g/mol. The van der Waals surface area contributed by atoms with Crippen LogP contribution in [0.3, 0.4) is 0 Å². The Hall–Kier alpha value is -1.53. The monoisotopic (exact) mass is 295 g/mol. The molecule has 1 fully saturated rings. The van der Waals surface area contributed by atoms with Crippen LogP contribution in [-0.2, 0) is 15.9 Å². The predicted molar refractivity (Wildman–Crippen MR) is 81.5 cm³/mol. The van der Waals surface area contributed by atoms with E-state index in [1.807, 2.05) is 12.1 Å². The number of nitrogens with one attached hydrogen (secondary N) is 2. The number of hydrogen-bond acceptors (Lipinski definition) is 4. The lowest BCUT2D eigenvalue weighted by molar-refractivity contribution is 0.187. The molecule has 118 valence electrons. The molecule has 0 bridgehead atoms. The first-order valence-electron chi connectivity index (χ1n) is 7.49. The minimum atomic E-state index is 0.538. The Morgan fingerprint density at radius 1 is 1.43 bits per heavy atom. The van der Waals surface area contributed by atoms with Crippen molar-refractivity contribution in [3.8, 4) is 0 Å². The fraction of sp³-hybridized carbons (Fsp3) is 0.667. The normalized spacial score (nSPS) is 18.9. The zero-order valence-electron chi connectivity index (χ0n) is 12.6. The molecule has 1 aromatic heterocycles. The summed E-state index contributed by atoms with van der Waals surface area (Å²) < 4.78 is 15.7. The van der Waals surface area contributed by atoms with Crippen molar-refractivity contribution in [3.05, 3.63) is 24.2 Å². The van der Waals surface area contributed by atoms with E-state index >= 15 is 0 Å². The fourth-order valence-corrected chi connectivity index (χ4v) is 2.15. The maximum atomic E-state index is 5.38. The summed E-state index contributed by atoms with van der Waals surface area (Å²) in [6.07, 6.45) is 3.63. The van der Waals surface area contributed by atoms with Crippen LogP contribution in [0.1, 0.15) is 12.2 Å². The van der Waals surface area contributed by atoms with Crippen LogP contribution in [0.2, 0.25) is 0 Å². The molecule has 2 N–H and O–H groups in total. The Bertz CT molecular complexity index is 400. The number of aliphatic imine (C=N–C) groups is 1. The number of nitrogens with zero attached hydrogens (tertiary/aromatic N) is 1. The molecule has 0 aromatic carbocycles. The standard InChI is InChI=1S/C15H25N3O3/c1-19-10-7-17-15(18-11-13-5-9-20-12-13)16-6-4-14-3-2-8-21-14/h2-3,8,13H,4-7,9-12H2,1H3,(H2,16,17,18). The van der Waals surface area contributed by atoms with E-state index in [1.165, 1.54) is 0 Å². The van der Waals surface area contributed by atoms with Gasteiger partial charge in [0.2, 0.25) is 0 Å². The van der Waals surface area contributed by atoms with Gasteiger partial charge in [-0.3, -0.25) is 4.99 Å². The highest BCUT2D eigenvalue weighted by molar-refractivity contribution is 5.79. The van der Waals surface area contributed by atoms with Crippen LogP contribution in [0, 0.1) is 5.92 Å². The summed E-state index contributed by atoms with van der Waals surface area (Å²) in [4.78, 5) is 4.62. The highest BCUT2D eigenvalue weighted by Gasteiger charge is 2.15. The van der Waals surface area contributed by atoms with Gasteiger partial charge in [-0.1, -0.05) is 0 Å². The van der Waals surface area contributed by atoms with E-state index < -0.39 is 0 Å². The van der Waals surface area contributed by atoms with Gasteiger partial charge >= 0.3 is 0 Å². The predicted octanol–water partition coefficient (Wildman–Crippen LogP) is 1.04. The summed E-state index contributed by atoms with van der Waals surface area (Å²) in [5.41, 5.74) is 0. The molecule has 0 radical (unpaired) electrons. The van der Waals surface area contributed by atoms with Crippen molar-refractivity contribution in [2.24, 2.45) is 10.9 Å². The molecular weight excluding hydrogens is 270 g/mol. The van der Waals surface area contributed by atoms with Gasteiger partial charge < -0.3 is 24.5 Å². The molecule has 1 unspecified atom stereocenters. The van der Waals surface area contributed by atoms with Crippen LogP contribution < -0.4 is 10.6 Å². The second-order valence-electron chi connectivity index (χ2n) is 5.09. The molecule has 1 saturated heterocycles. The molecular formula is C15H25N3O3. The molecule has 0 aliphatic carbocycles. The van der Waals surface area contributed by atoms with Crippen molar-refractivity contribution >= 4 is 5.96 Å². The number of ether oxygens (including phenoxy) is 2.